The average Bonchev–Trinajstić information content (AvgIpc) is 2.07. The lowest BCUT2D eigenvalue weighted by atomic mass is 10.1. The number of alkyl halides is 2. The van der Waals surface area contributed by atoms with Crippen LogP contribution in [0.3, 0.4) is 0 Å². The number of rotatable bonds is 2. The van der Waals surface area contributed by atoms with Crippen molar-refractivity contribution >= 4 is 12.0 Å². The second kappa shape index (κ2) is 4.46. The third-order valence-electron chi connectivity index (χ3n) is 1.98. The number of nitrogens with one attached hydrogen (secondary N) is 1. The highest BCUT2D eigenvalue weighted by molar-refractivity contribution is 5.83. The Balaban J connectivity index is 2.23. The monoisotopic (exact) mass is 250 g/mol. The third-order valence-corrected chi connectivity index (χ3v) is 1.98. The van der Waals surface area contributed by atoms with Gasteiger partial charge in [-0.25, -0.2) is 13.6 Å². The molecule has 0 unspecified atom stereocenters. The van der Waals surface area contributed by atoms with Gasteiger partial charge in [0, 0.05) is 0 Å². The maximum Gasteiger partial charge on any atom is 0.408 e. The van der Waals surface area contributed by atoms with Crippen molar-refractivity contribution in [2.75, 3.05) is 19.6 Å². The van der Waals surface area contributed by atoms with Crippen LogP contribution in [0.15, 0.2) is 0 Å². The highest BCUT2D eigenvalue weighted by Crippen LogP contribution is 2.26. The molecule has 0 aromatic carbocycles. The van der Waals surface area contributed by atoms with Gasteiger partial charge in [0.05, 0.1) is 13.1 Å². The minimum atomic E-state index is -2.79. The van der Waals surface area contributed by atoms with E-state index in [4.69, 9.17) is 4.74 Å². The lowest BCUT2D eigenvalue weighted by molar-refractivity contribution is -0.164. The van der Waals surface area contributed by atoms with Gasteiger partial charge in [0.25, 0.3) is 5.92 Å². The van der Waals surface area contributed by atoms with Crippen LogP contribution in [0.1, 0.15) is 20.8 Å². The van der Waals surface area contributed by atoms with Crippen LogP contribution < -0.4 is 5.32 Å². The second-order valence-electron chi connectivity index (χ2n) is 4.96. The van der Waals surface area contributed by atoms with Crippen LogP contribution in [-0.2, 0) is 9.53 Å². The number of halogens is 2. The molecule has 0 radical (unpaired) electrons. The van der Waals surface area contributed by atoms with E-state index >= 15 is 0 Å². The molecule has 1 fully saturated rings. The number of alkyl carbamates (subject to hydrolysis) is 1. The smallest absolute Gasteiger partial charge is 0.408 e. The quantitative estimate of drug-likeness (QED) is 0.795. The summed E-state index contributed by atoms with van der Waals surface area (Å²) in [4.78, 5) is 23.5. The molecule has 7 heteroatoms. The molecule has 5 nitrogen and oxygen atoms in total. The Morgan fingerprint density at radius 2 is 1.88 bits per heavy atom. The number of carbonyl (C=O) groups is 2. The lowest BCUT2D eigenvalue weighted by Crippen LogP contribution is -2.60. The van der Waals surface area contributed by atoms with Crippen molar-refractivity contribution < 1.29 is 23.1 Å². The van der Waals surface area contributed by atoms with E-state index < -0.39 is 36.6 Å². The van der Waals surface area contributed by atoms with Crippen LogP contribution in [0, 0.1) is 0 Å². The van der Waals surface area contributed by atoms with E-state index in [0.717, 1.165) is 4.90 Å². The van der Waals surface area contributed by atoms with Gasteiger partial charge in [-0.1, -0.05) is 0 Å². The molecule has 1 aliphatic rings. The summed E-state index contributed by atoms with van der Waals surface area (Å²) in [5.41, 5.74) is -0.656. The molecule has 0 aliphatic carbocycles. The van der Waals surface area contributed by atoms with Crippen molar-refractivity contribution in [3.8, 4) is 0 Å². The molecule has 1 N–H and O–H groups in total. The maximum absolute atomic E-state index is 12.5. The van der Waals surface area contributed by atoms with Crippen molar-refractivity contribution in [1.29, 1.82) is 0 Å². The van der Waals surface area contributed by atoms with Crippen LogP contribution in [0.5, 0.6) is 0 Å². The second-order valence-corrected chi connectivity index (χ2v) is 4.96. The first-order chi connectivity index (χ1) is 7.59. The van der Waals surface area contributed by atoms with Crippen LogP contribution >= 0.6 is 0 Å². The summed E-state index contributed by atoms with van der Waals surface area (Å²) in [6, 6.07) is 0. The molecule has 1 heterocycles. The van der Waals surface area contributed by atoms with Gasteiger partial charge >= 0.3 is 6.09 Å². The zero-order valence-corrected chi connectivity index (χ0v) is 10.0. The Morgan fingerprint density at radius 1 is 1.35 bits per heavy atom. The number of amides is 2. The fourth-order valence-corrected chi connectivity index (χ4v) is 1.26. The molecular weight excluding hydrogens is 234 g/mol. The predicted molar refractivity (Wildman–Crippen MR) is 55.8 cm³/mol. The lowest BCUT2D eigenvalue weighted by Gasteiger charge is -2.38. The minimum absolute atomic E-state index is 0.328. The van der Waals surface area contributed by atoms with Gasteiger partial charge in [0.15, 0.2) is 0 Å². The van der Waals surface area contributed by atoms with Gasteiger partial charge < -0.3 is 15.0 Å². The fraction of sp³-hybridized carbons (Fsp3) is 0.800. The van der Waals surface area contributed by atoms with E-state index in [0.29, 0.717) is 0 Å². The molecular formula is C10H16F2N2O3. The number of hydrogen-bond acceptors (Lipinski definition) is 3. The van der Waals surface area contributed by atoms with Gasteiger partial charge in [-0.2, -0.15) is 0 Å². The van der Waals surface area contributed by atoms with E-state index in [1.807, 2.05) is 0 Å². The minimum Gasteiger partial charge on any atom is -0.444 e. The van der Waals surface area contributed by atoms with E-state index in [-0.39, 0.29) is 6.54 Å². The SMILES string of the molecule is CC(C)(C)OC(=O)NCC(=O)N1CC(F)(F)C1. The van der Waals surface area contributed by atoms with E-state index in [1.54, 1.807) is 20.8 Å². The molecule has 98 valence electrons. The van der Waals surface area contributed by atoms with Gasteiger partial charge in [0.2, 0.25) is 5.91 Å². The Labute approximate surface area is 98.1 Å². The van der Waals surface area contributed by atoms with Gasteiger partial charge in [-0.3, -0.25) is 4.79 Å². The highest BCUT2D eigenvalue weighted by Gasteiger charge is 2.46. The molecule has 0 aromatic heterocycles. The number of carbonyl (C=O) groups excluding carboxylic acids is 2. The summed E-state index contributed by atoms with van der Waals surface area (Å²) in [5.74, 6) is -3.33. The van der Waals surface area contributed by atoms with Crippen molar-refractivity contribution in [3.63, 3.8) is 0 Å². The molecule has 0 atom stereocenters. The summed E-state index contributed by atoms with van der Waals surface area (Å²) < 4.78 is 29.8. The molecule has 1 rings (SSSR count). The summed E-state index contributed by atoms with van der Waals surface area (Å²) in [5, 5.41) is 2.22. The van der Waals surface area contributed by atoms with Crippen LogP contribution in [-0.4, -0.2) is 48.1 Å². The van der Waals surface area contributed by atoms with E-state index in [2.05, 4.69) is 5.32 Å². The van der Waals surface area contributed by atoms with Gasteiger partial charge in [-0.05, 0) is 20.8 Å². The van der Waals surface area contributed by atoms with Crippen LogP contribution in [0.25, 0.3) is 0 Å². The molecule has 17 heavy (non-hydrogen) atoms. The first kappa shape index (κ1) is 13.7. The van der Waals surface area contributed by atoms with Crippen molar-refractivity contribution in [2.24, 2.45) is 0 Å². The van der Waals surface area contributed by atoms with Crippen molar-refractivity contribution in [2.45, 2.75) is 32.3 Å². The topological polar surface area (TPSA) is 58.6 Å². The van der Waals surface area contributed by atoms with E-state index in [9.17, 15) is 18.4 Å². The average molecular weight is 250 g/mol. The Bertz CT molecular complexity index is 318. The molecule has 1 saturated heterocycles. The standard InChI is InChI=1S/C10H16F2N2O3/c1-9(2,3)17-8(16)13-4-7(15)14-5-10(11,12)6-14/h4-6H2,1-3H3,(H,13,16). The summed E-state index contributed by atoms with van der Waals surface area (Å²) in [7, 11) is 0. The first-order valence-corrected chi connectivity index (χ1v) is 5.21. The Kier molecular flexibility index (Phi) is 3.59. The molecule has 0 bridgehead atoms. The molecule has 1 aliphatic heterocycles. The van der Waals surface area contributed by atoms with Crippen LogP contribution in [0.4, 0.5) is 13.6 Å². The summed E-state index contributed by atoms with van der Waals surface area (Å²) in [6.45, 7) is 3.56. The van der Waals surface area contributed by atoms with Crippen molar-refractivity contribution in [3.05, 3.63) is 0 Å². The fourth-order valence-electron chi connectivity index (χ4n) is 1.26. The number of ether oxygens (including phenoxy) is 1. The number of hydrogen-bond donors (Lipinski definition) is 1. The maximum atomic E-state index is 12.5. The highest BCUT2D eigenvalue weighted by atomic mass is 19.3. The zero-order valence-electron chi connectivity index (χ0n) is 10.0. The molecule has 2 amide bonds. The van der Waals surface area contributed by atoms with Crippen LogP contribution in [0.2, 0.25) is 0 Å². The molecule has 0 aromatic rings. The largest absolute Gasteiger partial charge is 0.444 e. The van der Waals surface area contributed by atoms with Gasteiger partial charge in [-0.15, -0.1) is 0 Å². The normalized spacial score (nSPS) is 18.3. The first-order valence-electron chi connectivity index (χ1n) is 5.21. The third kappa shape index (κ3) is 4.54. The Hall–Kier alpha value is -1.40. The number of nitrogens with zero attached hydrogens (tertiary/aromatic N) is 1. The Morgan fingerprint density at radius 3 is 2.29 bits per heavy atom. The number of likely N-dealkylation sites (tertiary alicyclic amines) is 1. The predicted octanol–water partition coefficient (Wildman–Crippen LogP) is 0.989. The molecule has 0 spiro atoms. The molecule has 0 saturated carbocycles. The van der Waals surface area contributed by atoms with E-state index in [1.165, 1.54) is 0 Å². The summed E-state index contributed by atoms with van der Waals surface area (Å²) in [6.07, 6.45) is -0.738. The van der Waals surface area contributed by atoms with Crippen molar-refractivity contribution in [1.82, 2.24) is 10.2 Å². The summed E-state index contributed by atoms with van der Waals surface area (Å²) >= 11 is 0. The zero-order chi connectivity index (χ0) is 13.3. The van der Waals surface area contributed by atoms with Gasteiger partial charge in [0.1, 0.15) is 12.1 Å².